The third kappa shape index (κ3) is 3.06. The number of nitriles is 1. The first-order valence-electron chi connectivity index (χ1n) is 7.23. The van der Waals surface area contributed by atoms with Crippen LogP contribution in [0, 0.1) is 11.3 Å². The molecule has 0 unspecified atom stereocenters. The average Bonchev–Trinajstić information content (AvgIpc) is 2.62. The van der Waals surface area contributed by atoms with Crippen LogP contribution in [0.25, 0.3) is 0 Å². The molecule has 1 fully saturated rings. The average molecular weight is 309 g/mol. The van der Waals surface area contributed by atoms with Gasteiger partial charge in [0.2, 0.25) is 0 Å². The lowest BCUT2D eigenvalue weighted by Gasteiger charge is -2.36. The molecule has 1 aromatic heterocycles. The Bertz CT molecular complexity index is 746. The van der Waals surface area contributed by atoms with E-state index in [1.807, 2.05) is 24.3 Å². The smallest absolute Gasteiger partial charge is 0.356 e. The molecule has 0 saturated carbocycles. The van der Waals surface area contributed by atoms with Crippen molar-refractivity contribution in [3.05, 3.63) is 47.9 Å². The monoisotopic (exact) mass is 309 g/mol. The Morgan fingerprint density at radius 1 is 1.09 bits per heavy atom. The quantitative estimate of drug-likeness (QED) is 0.915. The van der Waals surface area contributed by atoms with E-state index in [4.69, 9.17) is 5.11 Å². The topological polar surface area (TPSA) is 93.4 Å². The van der Waals surface area contributed by atoms with Gasteiger partial charge in [-0.15, -0.1) is 0 Å². The summed E-state index contributed by atoms with van der Waals surface area (Å²) in [4.78, 5) is 23.1. The van der Waals surface area contributed by atoms with Crippen LogP contribution in [0.1, 0.15) is 16.1 Å². The number of carboxylic acids is 1. The lowest BCUT2D eigenvalue weighted by Crippen LogP contribution is -2.47. The maximum Gasteiger partial charge on any atom is 0.356 e. The number of hydrogen-bond acceptors (Lipinski definition) is 6. The van der Waals surface area contributed by atoms with Crippen LogP contribution in [-0.4, -0.2) is 47.2 Å². The molecule has 0 radical (unpaired) electrons. The van der Waals surface area contributed by atoms with Crippen molar-refractivity contribution in [2.75, 3.05) is 36.0 Å². The van der Waals surface area contributed by atoms with Gasteiger partial charge < -0.3 is 14.9 Å². The number of hydrogen-bond donors (Lipinski definition) is 1. The van der Waals surface area contributed by atoms with Gasteiger partial charge in [-0.1, -0.05) is 12.1 Å². The Kier molecular flexibility index (Phi) is 4.06. The van der Waals surface area contributed by atoms with E-state index >= 15 is 0 Å². The number of nitrogens with zero attached hydrogens (tertiary/aromatic N) is 5. The van der Waals surface area contributed by atoms with Gasteiger partial charge in [0.05, 0.1) is 23.6 Å². The summed E-state index contributed by atoms with van der Waals surface area (Å²) in [5.74, 6) is -0.412. The first-order chi connectivity index (χ1) is 11.2. The zero-order valence-electron chi connectivity index (χ0n) is 12.4. The van der Waals surface area contributed by atoms with Gasteiger partial charge in [0, 0.05) is 26.2 Å². The predicted molar refractivity (Wildman–Crippen MR) is 84.6 cm³/mol. The fourth-order valence-corrected chi connectivity index (χ4v) is 2.62. The molecule has 1 aromatic carbocycles. The van der Waals surface area contributed by atoms with Crippen LogP contribution in [0.3, 0.4) is 0 Å². The Hall–Kier alpha value is -3.14. The van der Waals surface area contributed by atoms with Gasteiger partial charge in [-0.05, 0) is 12.1 Å². The van der Waals surface area contributed by atoms with Crippen molar-refractivity contribution < 1.29 is 9.90 Å². The van der Waals surface area contributed by atoms with Crippen molar-refractivity contribution in [3.8, 4) is 6.07 Å². The number of aromatic nitrogens is 2. The van der Waals surface area contributed by atoms with Crippen LogP contribution in [0.5, 0.6) is 0 Å². The van der Waals surface area contributed by atoms with E-state index in [0.29, 0.717) is 11.4 Å². The van der Waals surface area contributed by atoms with E-state index in [1.165, 1.54) is 12.4 Å². The highest BCUT2D eigenvalue weighted by Crippen LogP contribution is 2.22. The Balaban J connectivity index is 1.69. The molecule has 0 atom stereocenters. The molecule has 2 aromatic rings. The summed E-state index contributed by atoms with van der Waals surface area (Å²) in [6, 6.07) is 9.78. The lowest BCUT2D eigenvalue weighted by atomic mass is 10.1. The highest BCUT2D eigenvalue weighted by atomic mass is 16.4. The fourth-order valence-electron chi connectivity index (χ4n) is 2.62. The third-order valence-electron chi connectivity index (χ3n) is 3.83. The molecule has 3 rings (SSSR count). The van der Waals surface area contributed by atoms with Crippen LogP contribution >= 0.6 is 0 Å². The second-order valence-electron chi connectivity index (χ2n) is 5.17. The van der Waals surface area contributed by atoms with E-state index in [2.05, 4.69) is 25.8 Å². The Morgan fingerprint density at radius 2 is 1.78 bits per heavy atom. The molecule has 1 aliphatic heterocycles. The maximum atomic E-state index is 10.8. The molecular formula is C16H15N5O2. The minimum Gasteiger partial charge on any atom is -0.476 e. The molecule has 0 aliphatic carbocycles. The summed E-state index contributed by atoms with van der Waals surface area (Å²) in [7, 11) is 0. The molecule has 2 heterocycles. The number of anilines is 2. The van der Waals surface area contributed by atoms with Crippen molar-refractivity contribution in [1.29, 1.82) is 5.26 Å². The molecule has 116 valence electrons. The Labute approximate surface area is 133 Å². The summed E-state index contributed by atoms with van der Waals surface area (Å²) < 4.78 is 0. The van der Waals surface area contributed by atoms with E-state index < -0.39 is 5.97 Å². The first kappa shape index (κ1) is 14.8. The van der Waals surface area contributed by atoms with E-state index in [-0.39, 0.29) is 5.69 Å². The normalized spacial score (nSPS) is 14.4. The second-order valence-corrected chi connectivity index (χ2v) is 5.17. The molecule has 0 spiro atoms. The highest BCUT2D eigenvalue weighted by Gasteiger charge is 2.20. The summed E-state index contributed by atoms with van der Waals surface area (Å²) in [6.45, 7) is 3.00. The van der Waals surface area contributed by atoms with Crippen LogP contribution < -0.4 is 9.80 Å². The maximum absolute atomic E-state index is 10.8. The molecule has 1 aliphatic rings. The van der Waals surface area contributed by atoms with Crippen molar-refractivity contribution >= 4 is 17.5 Å². The number of carboxylic acid groups (broad SMARTS) is 1. The van der Waals surface area contributed by atoms with Crippen molar-refractivity contribution in [1.82, 2.24) is 9.97 Å². The molecule has 0 amide bonds. The summed E-state index contributed by atoms with van der Waals surface area (Å²) >= 11 is 0. The Morgan fingerprint density at radius 3 is 2.39 bits per heavy atom. The van der Waals surface area contributed by atoms with Crippen LogP contribution in [-0.2, 0) is 0 Å². The molecule has 7 heteroatoms. The number of aromatic carboxylic acids is 1. The van der Waals surface area contributed by atoms with E-state index in [9.17, 15) is 10.1 Å². The molecule has 1 N–H and O–H groups in total. The standard InChI is InChI=1S/C16H15N5O2/c17-9-12-3-1-2-4-14(12)20-5-7-21(8-6-20)15-11-18-13(10-19-15)16(22)23/h1-4,10-11H,5-8H2,(H,22,23). The van der Waals surface area contributed by atoms with Gasteiger partial charge in [0.15, 0.2) is 5.69 Å². The third-order valence-corrected chi connectivity index (χ3v) is 3.83. The van der Waals surface area contributed by atoms with Crippen LogP contribution in [0.4, 0.5) is 11.5 Å². The van der Waals surface area contributed by atoms with Gasteiger partial charge in [-0.25, -0.2) is 14.8 Å². The second kappa shape index (κ2) is 6.32. The molecule has 23 heavy (non-hydrogen) atoms. The number of benzene rings is 1. The van der Waals surface area contributed by atoms with E-state index in [1.54, 1.807) is 0 Å². The van der Waals surface area contributed by atoms with Gasteiger partial charge in [0.25, 0.3) is 0 Å². The summed E-state index contributed by atoms with van der Waals surface area (Å²) in [5.41, 5.74) is 1.56. The van der Waals surface area contributed by atoms with Gasteiger partial charge in [0.1, 0.15) is 11.9 Å². The SMILES string of the molecule is N#Cc1ccccc1N1CCN(c2cnc(C(=O)O)cn2)CC1. The zero-order chi connectivity index (χ0) is 16.2. The van der Waals surface area contributed by atoms with Crippen molar-refractivity contribution in [3.63, 3.8) is 0 Å². The summed E-state index contributed by atoms with van der Waals surface area (Å²) in [5, 5.41) is 18.0. The van der Waals surface area contributed by atoms with Crippen LogP contribution in [0.2, 0.25) is 0 Å². The van der Waals surface area contributed by atoms with Crippen molar-refractivity contribution in [2.45, 2.75) is 0 Å². The zero-order valence-corrected chi connectivity index (χ0v) is 12.4. The predicted octanol–water partition coefficient (Wildman–Crippen LogP) is 1.37. The lowest BCUT2D eigenvalue weighted by molar-refractivity contribution is 0.0690. The van der Waals surface area contributed by atoms with Gasteiger partial charge >= 0.3 is 5.97 Å². The fraction of sp³-hybridized carbons (Fsp3) is 0.250. The minimum atomic E-state index is -1.08. The number of para-hydroxylation sites is 1. The number of piperazine rings is 1. The highest BCUT2D eigenvalue weighted by molar-refractivity contribution is 5.84. The van der Waals surface area contributed by atoms with E-state index in [0.717, 1.165) is 31.9 Å². The molecular weight excluding hydrogens is 294 g/mol. The largest absolute Gasteiger partial charge is 0.476 e. The first-order valence-corrected chi connectivity index (χ1v) is 7.23. The minimum absolute atomic E-state index is 0.0599. The molecule has 1 saturated heterocycles. The van der Waals surface area contributed by atoms with Gasteiger partial charge in [-0.3, -0.25) is 0 Å². The van der Waals surface area contributed by atoms with Crippen LogP contribution in [0.15, 0.2) is 36.7 Å². The number of rotatable bonds is 3. The summed E-state index contributed by atoms with van der Waals surface area (Å²) in [6.07, 6.45) is 2.76. The van der Waals surface area contributed by atoms with Crippen molar-refractivity contribution in [2.24, 2.45) is 0 Å². The molecule has 7 nitrogen and oxygen atoms in total. The van der Waals surface area contributed by atoms with Gasteiger partial charge in [-0.2, -0.15) is 5.26 Å². The number of carbonyl (C=O) groups is 1. The molecule has 0 bridgehead atoms.